The largest absolute Gasteiger partial charge is 0.396 e. The van der Waals surface area contributed by atoms with Gasteiger partial charge in [-0.05, 0) is 37.8 Å². The minimum absolute atomic E-state index is 0.0278. The lowest BCUT2D eigenvalue weighted by Crippen LogP contribution is -2.44. The maximum absolute atomic E-state index is 12.6. The van der Waals surface area contributed by atoms with Crippen LogP contribution in [0.2, 0.25) is 0 Å². The third kappa shape index (κ3) is 3.53. The number of hydrogen-bond acceptors (Lipinski definition) is 2. The van der Waals surface area contributed by atoms with Gasteiger partial charge in [-0.25, -0.2) is 0 Å². The second kappa shape index (κ2) is 6.44. The predicted molar refractivity (Wildman–Crippen MR) is 85.1 cm³/mol. The van der Waals surface area contributed by atoms with E-state index in [1.807, 2.05) is 38.1 Å². The maximum atomic E-state index is 12.6. The van der Waals surface area contributed by atoms with Gasteiger partial charge in [0.1, 0.15) is 0 Å². The highest BCUT2D eigenvalue weighted by Crippen LogP contribution is 2.25. The van der Waals surface area contributed by atoms with Crippen LogP contribution >= 0.6 is 0 Å². The molecule has 1 aromatic carbocycles. The van der Waals surface area contributed by atoms with Gasteiger partial charge >= 0.3 is 0 Å². The first kappa shape index (κ1) is 15.8. The highest BCUT2D eigenvalue weighted by molar-refractivity contribution is 5.87. The Morgan fingerprint density at radius 2 is 1.95 bits per heavy atom. The quantitative estimate of drug-likeness (QED) is 0.818. The van der Waals surface area contributed by atoms with Crippen molar-refractivity contribution in [2.24, 2.45) is 5.92 Å². The standard InChI is InChI=1S/C18H25NO2/c1-4-13-5-8-15(9-6-13)18(2,3)17(21)19-16-10-7-14(11-16)12-20/h5-10,14,16,20H,4,11-12H2,1-3H3,(H,19,21)/t14-,16+/m0/s1. The molecule has 2 atom stereocenters. The average Bonchev–Trinajstić information content (AvgIpc) is 2.95. The maximum Gasteiger partial charge on any atom is 0.230 e. The normalized spacial score (nSPS) is 21.5. The summed E-state index contributed by atoms with van der Waals surface area (Å²) in [5.74, 6) is 0.197. The van der Waals surface area contributed by atoms with Crippen LogP contribution in [0, 0.1) is 5.92 Å². The first-order valence-corrected chi connectivity index (χ1v) is 7.67. The predicted octanol–water partition coefficient (Wildman–Crippen LogP) is 2.58. The van der Waals surface area contributed by atoms with Crippen LogP contribution in [0.15, 0.2) is 36.4 Å². The summed E-state index contributed by atoms with van der Waals surface area (Å²) >= 11 is 0. The smallest absolute Gasteiger partial charge is 0.230 e. The Bertz CT molecular complexity index is 517. The molecule has 0 heterocycles. The summed E-state index contributed by atoms with van der Waals surface area (Å²) < 4.78 is 0. The molecule has 0 spiro atoms. The molecule has 0 bridgehead atoms. The number of rotatable bonds is 5. The number of nitrogens with one attached hydrogen (secondary N) is 1. The van der Waals surface area contributed by atoms with Crippen molar-refractivity contribution in [1.29, 1.82) is 0 Å². The van der Waals surface area contributed by atoms with Crippen molar-refractivity contribution in [3.8, 4) is 0 Å². The van der Waals surface area contributed by atoms with E-state index in [0.29, 0.717) is 0 Å². The third-order valence-corrected chi connectivity index (χ3v) is 4.37. The van der Waals surface area contributed by atoms with E-state index in [0.717, 1.165) is 18.4 Å². The van der Waals surface area contributed by atoms with Gasteiger partial charge in [0, 0.05) is 18.6 Å². The zero-order chi connectivity index (χ0) is 15.5. The summed E-state index contributed by atoms with van der Waals surface area (Å²) in [6.07, 6.45) is 5.75. The van der Waals surface area contributed by atoms with Crippen molar-refractivity contribution in [3.63, 3.8) is 0 Å². The van der Waals surface area contributed by atoms with Crippen LogP contribution in [-0.4, -0.2) is 23.7 Å². The van der Waals surface area contributed by atoms with Gasteiger partial charge in [-0.1, -0.05) is 43.3 Å². The van der Waals surface area contributed by atoms with Crippen LogP contribution in [-0.2, 0) is 16.6 Å². The molecule has 3 heteroatoms. The van der Waals surface area contributed by atoms with Crippen molar-refractivity contribution in [1.82, 2.24) is 5.32 Å². The first-order chi connectivity index (χ1) is 9.97. The molecule has 0 radical (unpaired) electrons. The van der Waals surface area contributed by atoms with E-state index in [2.05, 4.69) is 24.4 Å². The molecule has 1 amide bonds. The molecular weight excluding hydrogens is 262 g/mol. The molecule has 114 valence electrons. The number of carbonyl (C=O) groups excluding carboxylic acids is 1. The number of carbonyl (C=O) groups is 1. The molecule has 21 heavy (non-hydrogen) atoms. The lowest BCUT2D eigenvalue weighted by molar-refractivity contribution is -0.126. The van der Waals surface area contributed by atoms with Crippen LogP contribution in [0.4, 0.5) is 0 Å². The van der Waals surface area contributed by atoms with Crippen LogP contribution in [0.1, 0.15) is 38.3 Å². The third-order valence-electron chi connectivity index (χ3n) is 4.37. The second-order valence-corrected chi connectivity index (χ2v) is 6.32. The Balaban J connectivity index is 2.04. The number of amides is 1. The SMILES string of the molecule is CCc1ccc(C(C)(C)C(=O)N[C@@H]2C=C[C@H](CO)C2)cc1. The molecule has 3 nitrogen and oxygen atoms in total. The molecular formula is C18H25NO2. The Hall–Kier alpha value is -1.61. The van der Waals surface area contributed by atoms with E-state index in [1.165, 1.54) is 5.56 Å². The van der Waals surface area contributed by atoms with Gasteiger partial charge in [0.15, 0.2) is 0 Å². The van der Waals surface area contributed by atoms with Gasteiger partial charge in [0.25, 0.3) is 0 Å². The van der Waals surface area contributed by atoms with Gasteiger partial charge in [-0.15, -0.1) is 0 Å². The fraction of sp³-hybridized carbons (Fsp3) is 0.500. The second-order valence-electron chi connectivity index (χ2n) is 6.32. The molecule has 0 fully saturated rings. The Morgan fingerprint density at radius 3 is 2.48 bits per heavy atom. The van der Waals surface area contributed by atoms with Crippen molar-refractivity contribution in [3.05, 3.63) is 47.5 Å². The van der Waals surface area contributed by atoms with Crippen LogP contribution < -0.4 is 5.32 Å². The van der Waals surface area contributed by atoms with Gasteiger partial charge < -0.3 is 10.4 Å². The lowest BCUT2D eigenvalue weighted by atomic mass is 9.83. The molecule has 0 unspecified atom stereocenters. The minimum atomic E-state index is -0.558. The highest BCUT2D eigenvalue weighted by atomic mass is 16.3. The van der Waals surface area contributed by atoms with Gasteiger partial charge in [-0.2, -0.15) is 0 Å². The number of hydrogen-bond donors (Lipinski definition) is 2. The summed E-state index contributed by atoms with van der Waals surface area (Å²) in [7, 11) is 0. The van der Waals surface area contributed by atoms with E-state index in [-0.39, 0.29) is 24.5 Å². The van der Waals surface area contributed by atoms with Crippen molar-refractivity contribution in [2.75, 3.05) is 6.61 Å². The Labute approximate surface area is 127 Å². The lowest BCUT2D eigenvalue weighted by Gasteiger charge is -2.26. The van der Waals surface area contributed by atoms with Crippen LogP contribution in [0.5, 0.6) is 0 Å². The van der Waals surface area contributed by atoms with E-state index in [1.54, 1.807) is 0 Å². The van der Waals surface area contributed by atoms with E-state index < -0.39 is 5.41 Å². The summed E-state index contributed by atoms with van der Waals surface area (Å²) in [6, 6.07) is 8.28. The summed E-state index contributed by atoms with van der Waals surface area (Å²) in [6.45, 7) is 6.17. The molecule has 0 saturated heterocycles. The fourth-order valence-electron chi connectivity index (χ4n) is 2.65. The van der Waals surface area contributed by atoms with Gasteiger partial charge in [-0.3, -0.25) is 4.79 Å². The molecule has 2 N–H and O–H groups in total. The molecule has 1 aliphatic carbocycles. The van der Waals surface area contributed by atoms with Crippen molar-refractivity contribution < 1.29 is 9.90 Å². The minimum Gasteiger partial charge on any atom is -0.396 e. The fourth-order valence-corrected chi connectivity index (χ4v) is 2.65. The molecule has 0 aliphatic heterocycles. The van der Waals surface area contributed by atoms with Gasteiger partial charge in [0.2, 0.25) is 5.91 Å². The molecule has 1 aliphatic rings. The van der Waals surface area contributed by atoms with Gasteiger partial charge in [0.05, 0.1) is 5.41 Å². The summed E-state index contributed by atoms with van der Waals surface area (Å²) in [4.78, 5) is 12.6. The van der Waals surface area contributed by atoms with E-state index in [9.17, 15) is 4.79 Å². The molecule has 0 aromatic heterocycles. The number of aryl methyl sites for hydroxylation is 1. The van der Waals surface area contributed by atoms with Crippen molar-refractivity contribution in [2.45, 2.75) is 45.1 Å². The number of benzene rings is 1. The van der Waals surface area contributed by atoms with Crippen LogP contribution in [0.3, 0.4) is 0 Å². The Kier molecular flexibility index (Phi) is 4.84. The monoisotopic (exact) mass is 287 g/mol. The molecule has 2 rings (SSSR count). The first-order valence-electron chi connectivity index (χ1n) is 7.67. The summed E-state index contributed by atoms with van der Waals surface area (Å²) in [5.41, 5.74) is 1.74. The zero-order valence-corrected chi connectivity index (χ0v) is 13.1. The molecule has 0 saturated carbocycles. The number of aliphatic hydroxyl groups excluding tert-OH is 1. The Morgan fingerprint density at radius 1 is 1.29 bits per heavy atom. The van der Waals surface area contributed by atoms with E-state index >= 15 is 0 Å². The zero-order valence-electron chi connectivity index (χ0n) is 13.1. The van der Waals surface area contributed by atoms with E-state index in [4.69, 9.17) is 5.11 Å². The summed E-state index contributed by atoms with van der Waals surface area (Å²) in [5, 5.41) is 12.2. The molecule has 1 aromatic rings. The van der Waals surface area contributed by atoms with Crippen LogP contribution in [0.25, 0.3) is 0 Å². The number of aliphatic hydroxyl groups is 1. The van der Waals surface area contributed by atoms with Crippen molar-refractivity contribution >= 4 is 5.91 Å². The topological polar surface area (TPSA) is 49.3 Å². The average molecular weight is 287 g/mol. The highest BCUT2D eigenvalue weighted by Gasteiger charge is 2.32.